The van der Waals surface area contributed by atoms with E-state index in [1.54, 1.807) is 12.3 Å². The Balaban J connectivity index is 2.38. The fraction of sp³-hybridized carbons (Fsp3) is 0.300. The summed E-state index contributed by atoms with van der Waals surface area (Å²) in [5, 5.41) is 7.98. The van der Waals surface area contributed by atoms with Gasteiger partial charge in [0.1, 0.15) is 5.82 Å². The third-order valence-corrected chi connectivity index (χ3v) is 2.23. The summed E-state index contributed by atoms with van der Waals surface area (Å²) in [6.07, 6.45) is 3.63. The number of anilines is 1. The van der Waals surface area contributed by atoms with E-state index in [-0.39, 0.29) is 0 Å². The number of rotatable bonds is 3. The van der Waals surface area contributed by atoms with E-state index in [1.165, 1.54) is 0 Å². The van der Waals surface area contributed by atoms with Crippen molar-refractivity contribution in [3.8, 4) is 5.82 Å². The molecule has 2 aromatic rings. The highest BCUT2D eigenvalue weighted by atomic mass is 15.3. The van der Waals surface area contributed by atoms with Gasteiger partial charge in [-0.2, -0.15) is 0 Å². The third-order valence-electron chi connectivity index (χ3n) is 2.23. The number of nitrogens with one attached hydrogen (secondary N) is 1. The molecule has 0 amide bonds. The Labute approximate surface area is 93.5 Å². The van der Waals surface area contributed by atoms with Crippen LogP contribution in [0.5, 0.6) is 0 Å². The second kappa shape index (κ2) is 4.28. The van der Waals surface area contributed by atoms with Gasteiger partial charge in [-0.15, -0.1) is 10.2 Å². The molecule has 0 fully saturated rings. The number of nitrogen functional groups attached to an aromatic ring is 1. The van der Waals surface area contributed by atoms with Crippen molar-refractivity contribution in [2.24, 2.45) is 5.84 Å². The quantitative estimate of drug-likeness (QED) is 0.595. The molecule has 0 saturated carbocycles. The van der Waals surface area contributed by atoms with E-state index in [0.717, 1.165) is 11.6 Å². The first-order valence-electron chi connectivity index (χ1n) is 5.06. The Morgan fingerprint density at radius 2 is 2.12 bits per heavy atom. The highest BCUT2D eigenvalue weighted by Crippen LogP contribution is 2.15. The minimum atomic E-state index is 0.337. The van der Waals surface area contributed by atoms with E-state index in [2.05, 4.69) is 34.5 Å². The summed E-state index contributed by atoms with van der Waals surface area (Å²) in [6.45, 7) is 4.17. The summed E-state index contributed by atoms with van der Waals surface area (Å²) in [5.74, 6) is 7.80. The van der Waals surface area contributed by atoms with E-state index in [0.29, 0.717) is 11.7 Å². The van der Waals surface area contributed by atoms with Gasteiger partial charge in [-0.25, -0.2) is 10.8 Å². The molecule has 3 N–H and O–H groups in total. The van der Waals surface area contributed by atoms with Crippen LogP contribution in [-0.2, 0) is 0 Å². The predicted octanol–water partition coefficient (Wildman–Crippen LogP) is 1.07. The molecule has 16 heavy (non-hydrogen) atoms. The Kier molecular flexibility index (Phi) is 2.82. The molecule has 0 aromatic carbocycles. The summed E-state index contributed by atoms with van der Waals surface area (Å²) in [6, 6.07) is 3.61. The molecule has 2 aromatic heterocycles. The summed E-state index contributed by atoms with van der Waals surface area (Å²) in [7, 11) is 0. The van der Waals surface area contributed by atoms with Gasteiger partial charge in [0.25, 0.3) is 0 Å². The molecule has 6 heteroatoms. The molecule has 0 atom stereocenters. The molecule has 0 spiro atoms. The average Bonchev–Trinajstić information content (AvgIpc) is 2.78. The molecular formula is C10H14N6. The molecule has 0 bridgehead atoms. The van der Waals surface area contributed by atoms with Gasteiger partial charge in [0, 0.05) is 18.3 Å². The summed E-state index contributed by atoms with van der Waals surface area (Å²) >= 11 is 0. The molecule has 0 radical (unpaired) electrons. The number of hydrogen-bond acceptors (Lipinski definition) is 5. The second-order valence-electron chi connectivity index (χ2n) is 3.73. The molecule has 84 valence electrons. The zero-order valence-corrected chi connectivity index (χ0v) is 9.25. The Morgan fingerprint density at radius 1 is 1.31 bits per heavy atom. The smallest absolute Gasteiger partial charge is 0.162 e. The van der Waals surface area contributed by atoms with Crippen molar-refractivity contribution < 1.29 is 0 Å². The van der Waals surface area contributed by atoms with Crippen molar-refractivity contribution in [3.63, 3.8) is 0 Å². The van der Waals surface area contributed by atoms with Gasteiger partial charge in [-0.3, -0.25) is 4.57 Å². The monoisotopic (exact) mass is 218 g/mol. The molecule has 6 nitrogen and oxygen atoms in total. The molecule has 0 aliphatic heterocycles. The van der Waals surface area contributed by atoms with Crippen LogP contribution in [0, 0.1) is 0 Å². The number of aromatic nitrogens is 4. The van der Waals surface area contributed by atoms with Crippen LogP contribution in [-0.4, -0.2) is 19.7 Å². The number of hydrogen-bond donors (Lipinski definition) is 2. The van der Waals surface area contributed by atoms with Crippen LogP contribution < -0.4 is 11.3 Å². The van der Waals surface area contributed by atoms with Gasteiger partial charge in [0.05, 0.1) is 0 Å². The number of nitrogens with zero attached hydrogens (tertiary/aromatic N) is 4. The standard InChI is InChI=1S/C10H14N6/c1-7(2)10-12-5-6-16(10)9-4-3-8(13-11)14-15-9/h3-7H,11H2,1-2H3,(H,13,14). The minimum absolute atomic E-state index is 0.337. The van der Waals surface area contributed by atoms with Gasteiger partial charge in [-0.1, -0.05) is 13.8 Å². The normalized spacial score (nSPS) is 10.8. The first-order chi connectivity index (χ1) is 7.72. The summed E-state index contributed by atoms with van der Waals surface area (Å²) < 4.78 is 1.91. The average molecular weight is 218 g/mol. The lowest BCUT2D eigenvalue weighted by Gasteiger charge is -2.08. The zero-order chi connectivity index (χ0) is 11.5. The SMILES string of the molecule is CC(C)c1nccn1-c1ccc(NN)nn1. The van der Waals surface area contributed by atoms with Crippen LogP contribution in [0.1, 0.15) is 25.6 Å². The molecule has 0 saturated heterocycles. The van der Waals surface area contributed by atoms with E-state index in [1.807, 2.05) is 16.8 Å². The lowest BCUT2D eigenvalue weighted by molar-refractivity contribution is 0.737. The van der Waals surface area contributed by atoms with Crippen molar-refractivity contribution in [3.05, 3.63) is 30.4 Å². The van der Waals surface area contributed by atoms with Crippen LogP contribution in [0.3, 0.4) is 0 Å². The summed E-state index contributed by atoms with van der Waals surface area (Å²) in [5.41, 5.74) is 2.44. The molecule has 2 heterocycles. The maximum Gasteiger partial charge on any atom is 0.162 e. The number of hydrazine groups is 1. The molecule has 0 aliphatic carbocycles. The van der Waals surface area contributed by atoms with Gasteiger partial charge >= 0.3 is 0 Å². The minimum Gasteiger partial charge on any atom is -0.307 e. The van der Waals surface area contributed by atoms with Gasteiger partial charge in [0.15, 0.2) is 11.6 Å². The van der Waals surface area contributed by atoms with Crippen LogP contribution in [0.15, 0.2) is 24.5 Å². The fourth-order valence-electron chi connectivity index (χ4n) is 1.47. The maximum absolute atomic E-state index is 5.23. The Hall–Kier alpha value is -1.95. The van der Waals surface area contributed by atoms with Crippen molar-refractivity contribution in [2.45, 2.75) is 19.8 Å². The van der Waals surface area contributed by atoms with E-state index in [4.69, 9.17) is 5.84 Å². The van der Waals surface area contributed by atoms with Gasteiger partial charge in [-0.05, 0) is 12.1 Å². The van der Waals surface area contributed by atoms with Crippen molar-refractivity contribution >= 4 is 5.82 Å². The van der Waals surface area contributed by atoms with Gasteiger partial charge < -0.3 is 5.43 Å². The molecule has 0 unspecified atom stereocenters. The maximum atomic E-state index is 5.23. The highest BCUT2D eigenvalue weighted by Gasteiger charge is 2.09. The van der Waals surface area contributed by atoms with E-state index in [9.17, 15) is 0 Å². The third kappa shape index (κ3) is 1.87. The second-order valence-corrected chi connectivity index (χ2v) is 3.73. The molecule has 0 aliphatic rings. The lowest BCUT2D eigenvalue weighted by atomic mass is 10.2. The van der Waals surface area contributed by atoms with Crippen molar-refractivity contribution in [1.82, 2.24) is 19.7 Å². The zero-order valence-electron chi connectivity index (χ0n) is 9.25. The predicted molar refractivity (Wildman–Crippen MR) is 61.1 cm³/mol. The number of imidazole rings is 1. The Bertz CT molecular complexity index is 458. The van der Waals surface area contributed by atoms with Crippen LogP contribution in [0.4, 0.5) is 5.82 Å². The van der Waals surface area contributed by atoms with Crippen LogP contribution in [0.2, 0.25) is 0 Å². The molecule has 2 rings (SSSR count). The first kappa shape index (κ1) is 10.6. The van der Waals surface area contributed by atoms with E-state index < -0.39 is 0 Å². The highest BCUT2D eigenvalue weighted by molar-refractivity contribution is 5.35. The van der Waals surface area contributed by atoms with Crippen molar-refractivity contribution in [2.75, 3.05) is 5.43 Å². The summed E-state index contributed by atoms with van der Waals surface area (Å²) in [4.78, 5) is 4.29. The largest absolute Gasteiger partial charge is 0.307 e. The Morgan fingerprint density at radius 3 is 2.69 bits per heavy atom. The fourth-order valence-corrected chi connectivity index (χ4v) is 1.47. The van der Waals surface area contributed by atoms with E-state index >= 15 is 0 Å². The van der Waals surface area contributed by atoms with Crippen molar-refractivity contribution in [1.29, 1.82) is 0 Å². The first-order valence-corrected chi connectivity index (χ1v) is 5.06. The number of nitrogens with two attached hydrogens (primary N) is 1. The van der Waals surface area contributed by atoms with Crippen LogP contribution >= 0.6 is 0 Å². The van der Waals surface area contributed by atoms with Gasteiger partial charge in [0.2, 0.25) is 0 Å². The lowest BCUT2D eigenvalue weighted by Crippen LogP contribution is -2.11. The van der Waals surface area contributed by atoms with Crippen LogP contribution in [0.25, 0.3) is 5.82 Å². The topological polar surface area (TPSA) is 81.7 Å². The molecular weight excluding hydrogens is 204 g/mol.